The van der Waals surface area contributed by atoms with Crippen molar-refractivity contribution >= 4 is 22.5 Å². The van der Waals surface area contributed by atoms with Crippen LogP contribution in [-0.4, -0.2) is 46.0 Å². The Balaban J connectivity index is 1.42. The predicted octanol–water partition coefficient (Wildman–Crippen LogP) is 2.95. The number of fused-ring (bicyclic) bond motifs is 1. The van der Waals surface area contributed by atoms with Gasteiger partial charge in [0.2, 0.25) is 0 Å². The number of halogens is 1. The monoisotopic (exact) mass is 432 g/mol. The molecule has 9 nitrogen and oxygen atoms in total. The van der Waals surface area contributed by atoms with Gasteiger partial charge in [0.05, 0.1) is 37.6 Å². The first-order chi connectivity index (χ1) is 15.6. The van der Waals surface area contributed by atoms with E-state index in [1.54, 1.807) is 34.2 Å². The summed E-state index contributed by atoms with van der Waals surface area (Å²) in [5.41, 5.74) is 3.29. The Hall–Kier alpha value is -4.05. The highest BCUT2D eigenvalue weighted by atomic mass is 19.1. The smallest absolute Gasteiger partial charge is 0.153 e. The number of anilines is 2. The van der Waals surface area contributed by atoms with Gasteiger partial charge in [0, 0.05) is 48.7 Å². The number of pyridine rings is 1. The lowest BCUT2D eigenvalue weighted by molar-refractivity contribution is 0.269. The van der Waals surface area contributed by atoms with Crippen LogP contribution in [0.25, 0.3) is 22.0 Å². The molecule has 4 heterocycles. The number of nitrogens with zero attached hydrogens (tertiary/aromatic N) is 7. The van der Waals surface area contributed by atoms with Crippen LogP contribution >= 0.6 is 0 Å². The van der Waals surface area contributed by atoms with Crippen LogP contribution in [0.15, 0.2) is 61.3 Å². The second kappa shape index (κ2) is 8.23. The summed E-state index contributed by atoms with van der Waals surface area (Å²) in [6.45, 7) is 0.853. The maximum atomic E-state index is 14.3. The van der Waals surface area contributed by atoms with Gasteiger partial charge in [0.15, 0.2) is 5.82 Å². The molecule has 5 aromatic rings. The summed E-state index contributed by atoms with van der Waals surface area (Å²) in [5.74, 6) is 0.937. The molecule has 0 aliphatic rings. The molecule has 0 saturated carbocycles. The molecule has 0 atom stereocenters. The third kappa shape index (κ3) is 4.08. The quantitative estimate of drug-likeness (QED) is 0.410. The summed E-state index contributed by atoms with van der Waals surface area (Å²) in [6, 6.07) is 8.66. The summed E-state index contributed by atoms with van der Waals surface area (Å²) in [7, 11) is 1.83. The average Bonchev–Trinajstić information content (AvgIpc) is 3.49. The largest absolute Gasteiger partial charge is 0.394 e. The number of aliphatic hydroxyl groups excluding tert-OH is 1. The number of aromatic nitrogens is 7. The van der Waals surface area contributed by atoms with E-state index in [-0.39, 0.29) is 12.4 Å². The van der Waals surface area contributed by atoms with Gasteiger partial charge in [0.25, 0.3) is 0 Å². The van der Waals surface area contributed by atoms with E-state index >= 15 is 0 Å². The third-order valence-electron chi connectivity index (χ3n) is 5.08. The molecule has 0 saturated heterocycles. The van der Waals surface area contributed by atoms with Crippen molar-refractivity contribution in [2.24, 2.45) is 7.05 Å². The Labute approximate surface area is 182 Å². The second-order valence-corrected chi connectivity index (χ2v) is 7.49. The van der Waals surface area contributed by atoms with Crippen LogP contribution in [-0.2, 0) is 20.1 Å². The predicted molar refractivity (Wildman–Crippen MR) is 118 cm³/mol. The SMILES string of the molecule is Cn1cc(-c2cc(F)cc(Cn3ncc4cnc(Nc5ccn(CCO)n5)cc43)c2)cn1. The number of aryl methyl sites for hydroxylation is 1. The van der Waals surface area contributed by atoms with Crippen molar-refractivity contribution in [1.29, 1.82) is 0 Å². The van der Waals surface area contributed by atoms with E-state index in [1.165, 1.54) is 12.1 Å². The van der Waals surface area contributed by atoms with Crippen molar-refractivity contribution in [2.45, 2.75) is 13.1 Å². The summed E-state index contributed by atoms with van der Waals surface area (Å²) in [5, 5.41) is 26.0. The van der Waals surface area contributed by atoms with Crippen LogP contribution in [0.4, 0.5) is 16.0 Å². The Morgan fingerprint density at radius 3 is 2.75 bits per heavy atom. The standard InChI is InChI=1S/C22H21FN8O/c1-29-14-18(12-25-29)16-6-15(7-19(23)8-16)13-31-20-9-22(24-10-17(20)11-26-31)27-21-2-3-30(28-21)4-5-32/h2-3,6-12,14,32H,4-5,13H2,1H3,(H,24,27,28). The van der Waals surface area contributed by atoms with Gasteiger partial charge in [-0.3, -0.25) is 14.0 Å². The highest BCUT2D eigenvalue weighted by Crippen LogP contribution is 2.24. The lowest BCUT2D eigenvalue weighted by atomic mass is 10.1. The molecule has 0 amide bonds. The van der Waals surface area contributed by atoms with Crippen LogP contribution < -0.4 is 5.32 Å². The molecular weight excluding hydrogens is 411 g/mol. The van der Waals surface area contributed by atoms with E-state index < -0.39 is 0 Å². The van der Waals surface area contributed by atoms with E-state index in [0.29, 0.717) is 24.7 Å². The van der Waals surface area contributed by atoms with Gasteiger partial charge in [-0.05, 0) is 29.3 Å². The second-order valence-electron chi connectivity index (χ2n) is 7.49. The number of hydrogen-bond donors (Lipinski definition) is 2. The minimum atomic E-state index is -0.305. The van der Waals surface area contributed by atoms with Crippen molar-refractivity contribution in [1.82, 2.24) is 34.3 Å². The van der Waals surface area contributed by atoms with E-state index in [1.807, 2.05) is 36.1 Å². The molecule has 0 aliphatic heterocycles. The fraction of sp³-hybridized carbons (Fsp3) is 0.182. The van der Waals surface area contributed by atoms with E-state index in [0.717, 1.165) is 27.6 Å². The summed E-state index contributed by atoms with van der Waals surface area (Å²) < 4.78 is 19.5. The number of hydrogen-bond acceptors (Lipinski definition) is 6. The average molecular weight is 432 g/mol. The van der Waals surface area contributed by atoms with Crippen molar-refractivity contribution < 1.29 is 9.50 Å². The lowest BCUT2D eigenvalue weighted by Crippen LogP contribution is -2.04. The van der Waals surface area contributed by atoms with Gasteiger partial charge >= 0.3 is 0 Å². The summed E-state index contributed by atoms with van der Waals surface area (Å²) in [4.78, 5) is 4.42. The van der Waals surface area contributed by atoms with Crippen LogP contribution in [0.1, 0.15) is 5.56 Å². The minimum Gasteiger partial charge on any atom is -0.394 e. The highest BCUT2D eigenvalue weighted by Gasteiger charge is 2.10. The molecule has 0 spiro atoms. The van der Waals surface area contributed by atoms with Gasteiger partial charge in [-0.15, -0.1) is 0 Å². The molecule has 0 fully saturated rings. The number of nitrogens with one attached hydrogen (secondary N) is 1. The normalized spacial score (nSPS) is 11.3. The third-order valence-corrected chi connectivity index (χ3v) is 5.08. The van der Waals surface area contributed by atoms with Crippen molar-refractivity contribution in [3.8, 4) is 11.1 Å². The molecule has 0 aliphatic carbocycles. The fourth-order valence-electron chi connectivity index (χ4n) is 3.60. The zero-order valence-electron chi connectivity index (χ0n) is 17.4. The Morgan fingerprint density at radius 1 is 1.03 bits per heavy atom. The molecule has 5 rings (SSSR count). The minimum absolute atomic E-state index is 0.0209. The van der Waals surface area contributed by atoms with E-state index in [2.05, 4.69) is 25.6 Å². The van der Waals surface area contributed by atoms with Crippen LogP contribution in [0.3, 0.4) is 0 Å². The molecule has 0 unspecified atom stereocenters. The fourth-order valence-corrected chi connectivity index (χ4v) is 3.60. The molecule has 2 N–H and O–H groups in total. The first kappa shape index (κ1) is 19.9. The topological polar surface area (TPSA) is 98.6 Å². The van der Waals surface area contributed by atoms with Gasteiger partial charge in [-0.1, -0.05) is 0 Å². The van der Waals surface area contributed by atoms with E-state index in [4.69, 9.17) is 5.11 Å². The summed E-state index contributed by atoms with van der Waals surface area (Å²) in [6.07, 6.45) is 8.83. The zero-order valence-corrected chi connectivity index (χ0v) is 17.4. The van der Waals surface area contributed by atoms with Crippen LogP contribution in [0, 0.1) is 5.82 Å². The number of benzene rings is 1. The Morgan fingerprint density at radius 2 is 1.94 bits per heavy atom. The molecule has 32 heavy (non-hydrogen) atoms. The Kier molecular flexibility index (Phi) is 5.12. The van der Waals surface area contributed by atoms with Crippen LogP contribution in [0.2, 0.25) is 0 Å². The molecule has 1 aromatic carbocycles. The van der Waals surface area contributed by atoms with Crippen molar-refractivity contribution in [2.75, 3.05) is 11.9 Å². The zero-order chi connectivity index (χ0) is 22.1. The molecule has 162 valence electrons. The summed E-state index contributed by atoms with van der Waals surface area (Å²) >= 11 is 0. The van der Waals surface area contributed by atoms with Gasteiger partial charge in [-0.25, -0.2) is 9.37 Å². The van der Waals surface area contributed by atoms with Crippen LogP contribution in [0.5, 0.6) is 0 Å². The van der Waals surface area contributed by atoms with Gasteiger partial charge < -0.3 is 10.4 Å². The molecule has 0 radical (unpaired) electrons. The Bertz CT molecular complexity index is 1390. The first-order valence-corrected chi connectivity index (χ1v) is 10.1. The molecule has 10 heteroatoms. The first-order valence-electron chi connectivity index (χ1n) is 10.1. The highest BCUT2D eigenvalue weighted by molar-refractivity contribution is 5.81. The van der Waals surface area contributed by atoms with Gasteiger partial charge in [-0.2, -0.15) is 15.3 Å². The van der Waals surface area contributed by atoms with Crippen molar-refractivity contribution in [3.05, 3.63) is 72.7 Å². The lowest BCUT2D eigenvalue weighted by Gasteiger charge is -2.08. The maximum Gasteiger partial charge on any atom is 0.153 e. The number of aliphatic hydroxyl groups is 1. The van der Waals surface area contributed by atoms with E-state index in [9.17, 15) is 4.39 Å². The molecular formula is C22H21FN8O. The molecule has 4 aromatic heterocycles. The maximum absolute atomic E-state index is 14.3. The number of rotatable bonds is 7. The van der Waals surface area contributed by atoms with Gasteiger partial charge in [0.1, 0.15) is 11.6 Å². The molecule has 0 bridgehead atoms. The van der Waals surface area contributed by atoms with Crippen molar-refractivity contribution in [3.63, 3.8) is 0 Å².